The minimum absolute atomic E-state index is 0.118. The Bertz CT molecular complexity index is 3120. The van der Waals surface area contributed by atoms with Gasteiger partial charge < -0.3 is 13.9 Å². The summed E-state index contributed by atoms with van der Waals surface area (Å²) in [7, 11) is 0. The number of hydrogen-bond donors (Lipinski definition) is 0. The summed E-state index contributed by atoms with van der Waals surface area (Å²) in [5.41, 5.74) is 17.5. The number of nitrogens with zero attached hydrogens (tertiary/aromatic N) is 2. The Morgan fingerprint density at radius 2 is 1.16 bits per heavy atom. The molecule has 2 aromatic heterocycles. The molecule has 0 atom stereocenters. The minimum Gasteiger partial charge on any atom is -0.456 e. The van der Waals surface area contributed by atoms with E-state index in [1.54, 1.807) is 0 Å². The van der Waals surface area contributed by atoms with Crippen LogP contribution in [0.25, 0.3) is 71.7 Å². The number of para-hydroxylation sites is 2. The molecule has 1 aliphatic carbocycles. The molecule has 11 rings (SSSR count). The van der Waals surface area contributed by atoms with E-state index in [-0.39, 0.29) is 5.41 Å². The monoisotopic (exact) mass is 706 g/mol. The van der Waals surface area contributed by atoms with Gasteiger partial charge >= 0.3 is 0 Å². The summed E-state index contributed by atoms with van der Waals surface area (Å²) in [5.74, 6) is 0. The Morgan fingerprint density at radius 1 is 0.491 bits per heavy atom. The van der Waals surface area contributed by atoms with Crippen LogP contribution in [0.3, 0.4) is 0 Å². The highest BCUT2D eigenvalue weighted by atomic mass is 16.3. The van der Waals surface area contributed by atoms with E-state index in [4.69, 9.17) is 4.42 Å². The first-order valence-corrected chi connectivity index (χ1v) is 19.1. The van der Waals surface area contributed by atoms with Crippen LogP contribution >= 0.6 is 0 Å². The second-order valence-electron chi connectivity index (χ2n) is 15.5. The molecule has 0 N–H and O–H groups in total. The zero-order valence-electron chi connectivity index (χ0n) is 31.0. The van der Waals surface area contributed by atoms with Crippen molar-refractivity contribution < 1.29 is 4.42 Å². The highest BCUT2D eigenvalue weighted by Crippen LogP contribution is 2.51. The summed E-state index contributed by atoms with van der Waals surface area (Å²) in [5, 5.41) is 4.73. The van der Waals surface area contributed by atoms with Crippen molar-refractivity contribution in [3.8, 4) is 27.9 Å². The molecule has 0 aliphatic heterocycles. The zero-order chi connectivity index (χ0) is 36.8. The second-order valence-corrected chi connectivity index (χ2v) is 15.5. The molecule has 3 nitrogen and oxygen atoms in total. The third kappa shape index (κ3) is 4.76. The van der Waals surface area contributed by atoms with Crippen LogP contribution in [-0.2, 0) is 5.41 Å². The fraction of sp³-hybridized carbons (Fsp3) is 0.0769. The van der Waals surface area contributed by atoms with Crippen LogP contribution in [-0.4, -0.2) is 4.57 Å². The molecule has 8 aromatic carbocycles. The van der Waals surface area contributed by atoms with Crippen LogP contribution in [0, 0.1) is 6.92 Å². The van der Waals surface area contributed by atoms with E-state index in [1.807, 2.05) is 6.07 Å². The molecule has 1 aliphatic rings. The van der Waals surface area contributed by atoms with Crippen molar-refractivity contribution in [1.82, 2.24) is 4.57 Å². The number of hydrogen-bond acceptors (Lipinski definition) is 2. The maximum Gasteiger partial charge on any atom is 0.137 e. The summed E-state index contributed by atoms with van der Waals surface area (Å²) >= 11 is 0. The molecular formula is C52H38N2O. The van der Waals surface area contributed by atoms with Crippen molar-refractivity contribution in [2.75, 3.05) is 4.90 Å². The first-order valence-electron chi connectivity index (χ1n) is 19.1. The van der Waals surface area contributed by atoms with Crippen LogP contribution in [0.1, 0.15) is 30.5 Å². The van der Waals surface area contributed by atoms with Crippen molar-refractivity contribution in [3.05, 3.63) is 193 Å². The van der Waals surface area contributed by atoms with Gasteiger partial charge in [0, 0.05) is 38.6 Å². The largest absolute Gasteiger partial charge is 0.456 e. The molecule has 0 amide bonds. The molecule has 0 saturated carbocycles. The van der Waals surface area contributed by atoms with Crippen molar-refractivity contribution in [2.24, 2.45) is 0 Å². The molecule has 2 heterocycles. The van der Waals surface area contributed by atoms with Crippen molar-refractivity contribution in [2.45, 2.75) is 26.2 Å². The molecular weight excluding hydrogens is 669 g/mol. The van der Waals surface area contributed by atoms with E-state index in [9.17, 15) is 0 Å². The first-order chi connectivity index (χ1) is 26.9. The van der Waals surface area contributed by atoms with Gasteiger partial charge in [0.2, 0.25) is 0 Å². The van der Waals surface area contributed by atoms with Gasteiger partial charge in [-0.05, 0) is 113 Å². The normalized spacial score (nSPS) is 13.1. The summed E-state index contributed by atoms with van der Waals surface area (Å²) in [6, 6.07) is 64.1. The van der Waals surface area contributed by atoms with Gasteiger partial charge in [-0.3, -0.25) is 0 Å². The summed E-state index contributed by atoms with van der Waals surface area (Å²) < 4.78 is 8.79. The molecule has 0 fully saturated rings. The Labute approximate surface area is 320 Å². The van der Waals surface area contributed by atoms with Gasteiger partial charge in [0.15, 0.2) is 0 Å². The minimum atomic E-state index is -0.118. The lowest BCUT2D eigenvalue weighted by Gasteiger charge is -2.28. The molecule has 0 unspecified atom stereocenters. The lowest BCUT2D eigenvalue weighted by Crippen LogP contribution is -2.16. The third-order valence-corrected chi connectivity index (χ3v) is 11.9. The number of aryl methyl sites for hydroxylation is 1. The van der Waals surface area contributed by atoms with Crippen LogP contribution in [0.4, 0.5) is 17.1 Å². The molecule has 10 aromatic rings. The van der Waals surface area contributed by atoms with E-state index in [0.717, 1.165) is 39.0 Å². The maximum atomic E-state index is 6.41. The van der Waals surface area contributed by atoms with Gasteiger partial charge in [-0.1, -0.05) is 123 Å². The topological polar surface area (TPSA) is 21.3 Å². The summed E-state index contributed by atoms with van der Waals surface area (Å²) in [4.78, 5) is 2.41. The highest BCUT2D eigenvalue weighted by molar-refractivity contribution is 6.14. The lowest BCUT2D eigenvalue weighted by molar-refractivity contribution is 0.660. The van der Waals surface area contributed by atoms with Crippen LogP contribution in [0.15, 0.2) is 180 Å². The predicted molar refractivity (Wildman–Crippen MR) is 230 cm³/mol. The molecule has 55 heavy (non-hydrogen) atoms. The summed E-state index contributed by atoms with van der Waals surface area (Å²) in [6.45, 7) is 6.83. The average Bonchev–Trinajstić information content (AvgIpc) is 3.84. The predicted octanol–water partition coefficient (Wildman–Crippen LogP) is 14.4. The summed E-state index contributed by atoms with van der Waals surface area (Å²) in [6.07, 6.45) is 0. The first kappa shape index (κ1) is 31.7. The van der Waals surface area contributed by atoms with Gasteiger partial charge in [-0.2, -0.15) is 0 Å². The van der Waals surface area contributed by atoms with Gasteiger partial charge in [0.25, 0.3) is 0 Å². The molecule has 0 spiro atoms. The van der Waals surface area contributed by atoms with Crippen molar-refractivity contribution in [1.29, 1.82) is 0 Å². The Kier molecular flexibility index (Phi) is 6.81. The molecule has 262 valence electrons. The van der Waals surface area contributed by atoms with Crippen LogP contribution < -0.4 is 4.90 Å². The second kappa shape index (κ2) is 11.8. The van der Waals surface area contributed by atoms with E-state index in [1.165, 1.54) is 66.4 Å². The van der Waals surface area contributed by atoms with E-state index in [0.29, 0.717) is 0 Å². The van der Waals surface area contributed by atoms with Gasteiger partial charge in [0.1, 0.15) is 11.2 Å². The molecule has 0 saturated heterocycles. The third-order valence-electron chi connectivity index (χ3n) is 11.9. The SMILES string of the molecule is Cc1ccc(-n2c3ccccc3c3cc(-c4ccc(N(c5ccc6c(c5)C(C)(C)c5ccccc5-6)c5cccc6oc7ccccc7c56)cc4)ccc32)cc1. The van der Waals surface area contributed by atoms with Crippen molar-refractivity contribution >= 4 is 60.8 Å². The number of benzene rings is 8. The number of aromatic nitrogens is 1. The van der Waals surface area contributed by atoms with Gasteiger partial charge in [0.05, 0.1) is 22.1 Å². The number of furan rings is 1. The standard InChI is InChI=1S/C52H38N2O/c1-33-19-24-37(25-20-33)54-46-15-8-5-12-41(46)43-31-35(23-30-47(43)54)34-21-26-36(27-22-34)53(48-16-10-18-50-51(48)42-13-6-9-17-49(42)55-50)38-28-29-40-39-11-4-7-14-44(39)52(2,3)45(40)32-38/h4-32H,1-3H3. The smallest absolute Gasteiger partial charge is 0.137 e. The number of rotatable bonds is 5. The number of fused-ring (bicyclic) bond motifs is 9. The van der Waals surface area contributed by atoms with Crippen LogP contribution in [0.5, 0.6) is 0 Å². The molecule has 0 radical (unpaired) electrons. The zero-order valence-corrected chi connectivity index (χ0v) is 31.0. The highest BCUT2D eigenvalue weighted by Gasteiger charge is 2.36. The maximum absolute atomic E-state index is 6.41. The van der Waals surface area contributed by atoms with Gasteiger partial charge in [-0.15, -0.1) is 0 Å². The van der Waals surface area contributed by atoms with E-state index in [2.05, 4.69) is 200 Å². The average molecular weight is 707 g/mol. The molecule has 0 bridgehead atoms. The molecule has 3 heteroatoms. The van der Waals surface area contributed by atoms with E-state index >= 15 is 0 Å². The number of anilines is 3. The van der Waals surface area contributed by atoms with Crippen molar-refractivity contribution in [3.63, 3.8) is 0 Å². The van der Waals surface area contributed by atoms with Gasteiger partial charge in [-0.25, -0.2) is 0 Å². The lowest BCUT2D eigenvalue weighted by atomic mass is 9.82. The Morgan fingerprint density at radius 3 is 2.02 bits per heavy atom. The fourth-order valence-corrected chi connectivity index (χ4v) is 9.13. The van der Waals surface area contributed by atoms with E-state index < -0.39 is 0 Å². The fourth-order valence-electron chi connectivity index (χ4n) is 9.13. The Balaban J connectivity index is 1.06. The quantitative estimate of drug-likeness (QED) is 0.178. The Hall–Kier alpha value is -6.84. The van der Waals surface area contributed by atoms with Crippen LogP contribution in [0.2, 0.25) is 0 Å².